The highest BCUT2D eigenvalue weighted by Crippen LogP contribution is 2.20. The molecule has 0 bridgehead atoms. The SMILES string of the molecule is CC(O)C(O)(CCN(C)C)CCN(C)C. The topological polar surface area (TPSA) is 46.9 Å². The monoisotopic (exact) mass is 218 g/mol. The predicted octanol–water partition coefficient (Wildman–Crippen LogP) is 0.00170. The molecule has 15 heavy (non-hydrogen) atoms. The fourth-order valence-electron chi connectivity index (χ4n) is 1.38. The highest BCUT2D eigenvalue weighted by atomic mass is 16.3. The molecule has 1 atom stereocenters. The molecule has 0 aromatic carbocycles. The van der Waals surface area contributed by atoms with E-state index in [0.29, 0.717) is 12.8 Å². The average Bonchev–Trinajstić information content (AvgIpc) is 2.11. The predicted molar refractivity (Wildman–Crippen MR) is 63.0 cm³/mol. The maximum atomic E-state index is 10.3. The fraction of sp³-hybridized carbons (Fsp3) is 1.00. The molecule has 0 spiro atoms. The van der Waals surface area contributed by atoms with Crippen molar-refractivity contribution in [1.29, 1.82) is 0 Å². The van der Waals surface area contributed by atoms with Gasteiger partial charge in [-0.2, -0.15) is 0 Å². The van der Waals surface area contributed by atoms with Crippen LogP contribution in [0.15, 0.2) is 0 Å². The standard InChI is InChI=1S/C11H26N2O2/c1-10(14)11(15,6-8-12(2)3)7-9-13(4)5/h10,14-15H,6-9H2,1-5H3. The first-order chi connectivity index (χ1) is 6.78. The number of rotatable bonds is 7. The van der Waals surface area contributed by atoms with Gasteiger partial charge in [0, 0.05) is 13.1 Å². The first-order valence-corrected chi connectivity index (χ1v) is 5.48. The Morgan fingerprint density at radius 1 is 1.00 bits per heavy atom. The third kappa shape index (κ3) is 6.10. The lowest BCUT2D eigenvalue weighted by molar-refractivity contribution is -0.0823. The van der Waals surface area contributed by atoms with Crippen molar-refractivity contribution in [3.8, 4) is 0 Å². The Bertz CT molecular complexity index is 158. The molecule has 0 saturated heterocycles. The molecule has 4 heteroatoms. The van der Waals surface area contributed by atoms with Crippen LogP contribution in [0.3, 0.4) is 0 Å². The summed E-state index contributed by atoms with van der Waals surface area (Å²) in [5.41, 5.74) is -0.964. The summed E-state index contributed by atoms with van der Waals surface area (Å²) in [7, 11) is 7.87. The van der Waals surface area contributed by atoms with Crippen molar-refractivity contribution in [3.05, 3.63) is 0 Å². The van der Waals surface area contributed by atoms with Gasteiger partial charge in [0.1, 0.15) is 0 Å². The number of hydrogen-bond acceptors (Lipinski definition) is 4. The van der Waals surface area contributed by atoms with Crippen LogP contribution in [0.4, 0.5) is 0 Å². The van der Waals surface area contributed by atoms with Crippen LogP contribution in [0.5, 0.6) is 0 Å². The molecular formula is C11H26N2O2. The van der Waals surface area contributed by atoms with Crippen molar-refractivity contribution in [2.45, 2.75) is 31.5 Å². The number of aliphatic hydroxyl groups excluding tert-OH is 1. The van der Waals surface area contributed by atoms with Crippen molar-refractivity contribution in [1.82, 2.24) is 9.80 Å². The van der Waals surface area contributed by atoms with Crippen molar-refractivity contribution in [2.24, 2.45) is 0 Å². The molecule has 4 nitrogen and oxygen atoms in total. The summed E-state index contributed by atoms with van der Waals surface area (Å²) in [6, 6.07) is 0. The molecule has 0 aliphatic heterocycles. The first-order valence-electron chi connectivity index (χ1n) is 5.48. The second kappa shape index (κ2) is 6.43. The van der Waals surface area contributed by atoms with E-state index in [4.69, 9.17) is 0 Å². The summed E-state index contributed by atoms with van der Waals surface area (Å²) in [4.78, 5) is 4.03. The van der Waals surface area contributed by atoms with E-state index in [1.165, 1.54) is 0 Å². The van der Waals surface area contributed by atoms with E-state index in [1.807, 2.05) is 38.0 Å². The van der Waals surface area contributed by atoms with Crippen LogP contribution in [0.2, 0.25) is 0 Å². The average molecular weight is 218 g/mol. The molecule has 0 aromatic heterocycles. The van der Waals surface area contributed by atoms with Gasteiger partial charge in [-0.15, -0.1) is 0 Å². The van der Waals surface area contributed by atoms with Crippen LogP contribution in [0.25, 0.3) is 0 Å². The fourth-order valence-corrected chi connectivity index (χ4v) is 1.38. The number of nitrogens with zero attached hydrogens (tertiary/aromatic N) is 2. The molecule has 2 N–H and O–H groups in total. The van der Waals surface area contributed by atoms with Crippen LogP contribution in [-0.4, -0.2) is 73.0 Å². The highest BCUT2D eigenvalue weighted by molar-refractivity contribution is 4.85. The molecule has 0 aromatic rings. The number of hydrogen-bond donors (Lipinski definition) is 2. The van der Waals surface area contributed by atoms with Gasteiger partial charge in [-0.1, -0.05) is 0 Å². The van der Waals surface area contributed by atoms with Crippen LogP contribution in [-0.2, 0) is 0 Å². The van der Waals surface area contributed by atoms with Gasteiger partial charge in [-0.3, -0.25) is 0 Å². The van der Waals surface area contributed by atoms with Crippen LogP contribution < -0.4 is 0 Å². The molecule has 0 amide bonds. The lowest BCUT2D eigenvalue weighted by atomic mass is 9.89. The molecule has 0 saturated carbocycles. The van der Waals surface area contributed by atoms with Crippen LogP contribution in [0, 0.1) is 0 Å². The Balaban J connectivity index is 4.19. The molecule has 0 aliphatic rings. The minimum Gasteiger partial charge on any atom is -0.390 e. The van der Waals surface area contributed by atoms with Crippen molar-refractivity contribution in [2.75, 3.05) is 41.3 Å². The van der Waals surface area contributed by atoms with E-state index in [9.17, 15) is 10.2 Å². The molecule has 1 unspecified atom stereocenters. The molecular weight excluding hydrogens is 192 g/mol. The van der Waals surface area contributed by atoms with Gasteiger partial charge in [0.2, 0.25) is 0 Å². The molecule has 0 fully saturated rings. The summed E-state index contributed by atoms with van der Waals surface area (Å²) < 4.78 is 0. The summed E-state index contributed by atoms with van der Waals surface area (Å²) in [6.07, 6.45) is 0.522. The van der Waals surface area contributed by atoms with E-state index in [1.54, 1.807) is 6.92 Å². The molecule has 0 radical (unpaired) electrons. The second-order valence-corrected chi connectivity index (χ2v) is 4.89. The van der Waals surface area contributed by atoms with Crippen molar-refractivity contribution in [3.63, 3.8) is 0 Å². The maximum Gasteiger partial charge on any atom is 0.0927 e. The Hall–Kier alpha value is -0.160. The third-order valence-corrected chi connectivity index (χ3v) is 2.76. The molecule has 0 heterocycles. The second-order valence-electron chi connectivity index (χ2n) is 4.89. The Labute approximate surface area is 93.5 Å². The van der Waals surface area contributed by atoms with Crippen LogP contribution >= 0.6 is 0 Å². The van der Waals surface area contributed by atoms with Gasteiger partial charge in [0.15, 0.2) is 0 Å². The zero-order chi connectivity index (χ0) is 12.1. The molecule has 92 valence electrons. The van der Waals surface area contributed by atoms with Gasteiger partial charge in [0.05, 0.1) is 11.7 Å². The third-order valence-electron chi connectivity index (χ3n) is 2.76. The van der Waals surface area contributed by atoms with E-state index >= 15 is 0 Å². The first kappa shape index (κ1) is 14.8. The minimum absolute atomic E-state index is 0.603. The maximum absolute atomic E-state index is 10.3. The van der Waals surface area contributed by atoms with E-state index < -0.39 is 11.7 Å². The smallest absolute Gasteiger partial charge is 0.0927 e. The van der Waals surface area contributed by atoms with Gasteiger partial charge < -0.3 is 20.0 Å². The lowest BCUT2D eigenvalue weighted by Crippen LogP contribution is -2.44. The summed E-state index contributed by atoms with van der Waals surface area (Å²) in [5.74, 6) is 0. The van der Waals surface area contributed by atoms with Gasteiger partial charge in [-0.05, 0) is 48.0 Å². The molecule has 0 rings (SSSR count). The van der Waals surface area contributed by atoms with Crippen molar-refractivity contribution >= 4 is 0 Å². The highest BCUT2D eigenvalue weighted by Gasteiger charge is 2.32. The minimum atomic E-state index is -0.964. The van der Waals surface area contributed by atoms with Crippen LogP contribution in [0.1, 0.15) is 19.8 Å². The zero-order valence-corrected chi connectivity index (χ0v) is 10.7. The van der Waals surface area contributed by atoms with Gasteiger partial charge in [-0.25, -0.2) is 0 Å². The van der Waals surface area contributed by atoms with Gasteiger partial charge >= 0.3 is 0 Å². The Morgan fingerprint density at radius 2 is 1.33 bits per heavy atom. The van der Waals surface area contributed by atoms with E-state index in [-0.39, 0.29) is 0 Å². The summed E-state index contributed by atoms with van der Waals surface area (Å²) in [6.45, 7) is 3.23. The normalized spacial score (nSPS) is 15.0. The van der Waals surface area contributed by atoms with Gasteiger partial charge in [0.25, 0.3) is 0 Å². The van der Waals surface area contributed by atoms with Crippen molar-refractivity contribution < 1.29 is 10.2 Å². The van der Waals surface area contributed by atoms with E-state index in [0.717, 1.165) is 13.1 Å². The summed E-state index contributed by atoms with van der Waals surface area (Å²) in [5, 5.41) is 19.9. The quantitative estimate of drug-likeness (QED) is 0.631. The zero-order valence-electron chi connectivity index (χ0n) is 10.7. The Kier molecular flexibility index (Phi) is 6.36. The Morgan fingerprint density at radius 3 is 1.53 bits per heavy atom. The largest absolute Gasteiger partial charge is 0.390 e. The lowest BCUT2D eigenvalue weighted by Gasteiger charge is -2.33. The number of aliphatic hydroxyl groups is 2. The van der Waals surface area contributed by atoms with E-state index in [2.05, 4.69) is 0 Å². The molecule has 0 aliphatic carbocycles. The summed E-state index contributed by atoms with van der Waals surface area (Å²) >= 11 is 0.